The van der Waals surface area contributed by atoms with Crippen molar-refractivity contribution in [2.75, 3.05) is 48.3 Å². The van der Waals surface area contributed by atoms with E-state index in [1.807, 2.05) is 6.07 Å². The third-order valence-electron chi connectivity index (χ3n) is 13.5. The van der Waals surface area contributed by atoms with Gasteiger partial charge in [0.25, 0.3) is 18.2 Å². The fourth-order valence-corrected chi connectivity index (χ4v) is 10.0. The Bertz CT molecular complexity index is 2580. The molecule has 17 nitrogen and oxygen atoms in total. The number of ether oxygens (including phenoxy) is 1. The van der Waals surface area contributed by atoms with Crippen LogP contribution in [-0.4, -0.2) is 109 Å². The molecule has 63 heavy (non-hydrogen) atoms. The molecule has 3 N–H and O–H groups in total. The molecule has 4 amide bonds. The first kappa shape index (κ1) is 41.1. The number of benzene rings is 1. The number of carbonyl (C=O) groups is 4. The zero-order valence-electron chi connectivity index (χ0n) is 34.0. The maximum absolute atomic E-state index is 15.7. The van der Waals surface area contributed by atoms with Crippen LogP contribution >= 0.6 is 0 Å². The molecule has 5 aromatic rings. The Morgan fingerprint density at radius 2 is 1.79 bits per heavy atom. The lowest BCUT2D eigenvalue weighted by molar-refractivity contribution is -0.151. The zero-order valence-corrected chi connectivity index (χ0v) is 34.0. The van der Waals surface area contributed by atoms with E-state index >= 15 is 8.78 Å². The second-order valence-corrected chi connectivity index (χ2v) is 17.4. The number of anilines is 3. The van der Waals surface area contributed by atoms with Gasteiger partial charge in [-0.15, -0.1) is 0 Å². The van der Waals surface area contributed by atoms with Gasteiger partial charge in [-0.3, -0.25) is 29.2 Å². The summed E-state index contributed by atoms with van der Waals surface area (Å²) >= 11 is 0. The molecule has 1 aliphatic carbocycles. The molecule has 0 radical (unpaired) electrons. The van der Waals surface area contributed by atoms with Crippen molar-refractivity contribution in [3.05, 3.63) is 59.8 Å². The number of imide groups is 1. The minimum absolute atomic E-state index is 0.00736. The number of rotatable bonds is 11. The van der Waals surface area contributed by atoms with Gasteiger partial charge >= 0.3 is 5.92 Å². The number of para-hydroxylation sites is 1. The van der Waals surface area contributed by atoms with Crippen LogP contribution in [0.1, 0.15) is 97.9 Å². The predicted octanol–water partition coefficient (Wildman–Crippen LogP) is 5.47. The van der Waals surface area contributed by atoms with Gasteiger partial charge in [0.1, 0.15) is 17.1 Å². The Labute approximate surface area is 356 Å². The fourth-order valence-electron chi connectivity index (χ4n) is 10.0. The van der Waals surface area contributed by atoms with Crippen LogP contribution in [0.4, 0.5) is 34.8 Å². The number of halogens is 4. The van der Waals surface area contributed by atoms with E-state index in [0.717, 1.165) is 19.3 Å². The van der Waals surface area contributed by atoms with Crippen LogP contribution in [0.2, 0.25) is 0 Å². The van der Waals surface area contributed by atoms with Crippen LogP contribution in [0.25, 0.3) is 16.6 Å². The van der Waals surface area contributed by atoms with E-state index in [1.165, 1.54) is 27.7 Å². The number of hydrogen-bond acceptors (Lipinski definition) is 12. The normalized spacial score (nSPS) is 24.8. The Morgan fingerprint density at radius 3 is 2.52 bits per heavy atom. The molecule has 21 heteroatoms. The second-order valence-electron chi connectivity index (χ2n) is 17.4. The highest BCUT2D eigenvalue weighted by Gasteiger charge is 2.48. The summed E-state index contributed by atoms with van der Waals surface area (Å²) in [6, 6.07) is 6.47. The van der Waals surface area contributed by atoms with Gasteiger partial charge in [0.15, 0.2) is 16.9 Å². The Kier molecular flexibility index (Phi) is 10.6. The molecular formula is C42H45F4N11O6. The van der Waals surface area contributed by atoms with E-state index in [1.54, 1.807) is 18.3 Å². The average Bonchev–Trinajstić information content (AvgIpc) is 4.13. The summed E-state index contributed by atoms with van der Waals surface area (Å²) in [5, 5.41) is 20.1. The molecule has 10 rings (SSSR count). The number of nitrogens with one attached hydrogen (secondary N) is 3. The minimum atomic E-state index is -3.67. The quantitative estimate of drug-likeness (QED) is 0.112. The molecular weight excluding hydrogens is 831 g/mol. The molecule has 4 aliphatic heterocycles. The molecule has 3 atom stereocenters. The van der Waals surface area contributed by atoms with Gasteiger partial charge in [-0.25, -0.2) is 18.3 Å². The summed E-state index contributed by atoms with van der Waals surface area (Å²) in [5.41, 5.74) is 0.188. The van der Waals surface area contributed by atoms with Crippen LogP contribution in [0, 0.1) is 11.8 Å². The van der Waals surface area contributed by atoms with Gasteiger partial charge in [0.05, 0.1) is 48.3 Å². The molecule has 0 unspecified atom stereocenters. The molecule has 4 aromatic heterocycles. The first-order chi connectivity index (χ1) is 30.4. The smallest absolute Gasteiger partial charge is 0.327 e. The minimum Gasteiger partial charge on any atom is -0.374 e. The topological polar surface area (TPSA) is 194 Å². The summed E-state index contributed by atoms with van der Waals surface area (Å²) in [7, 11) is 0. The van der Waals surface area contributed by atoms with Crippen molar-refractivity contribution in [2.24, 2.45) is 11.8 Å². The number of nitrogens with zero attached hydrogens (tertiary/aromatic N) is 8. The van der Waals surface area contributed by atoms with E-state index < -0.39 is 47.6 Å². The summed E-state index contributed by atoms with van der Waals surface area (Å²) in [6.07, 6.45) is 6.13. The number of alkyl halides is 4. The van der Waals surface area contributed by atoms with E-state index in [-0.39, 0.29) is 83.9 Å². The van der Waals surface area contributed by atoms with Crippen molar-refractivity contribution in [3.63, 3.8) is 0 Å². The Hall–Kier alpha value is -5.96. The molecule has 1 aromatic carbocycles. The first-order valence-electron chi connectivity index (χ1n) is 21.4. The number of hydrogen-bond donors (Lipinski definition) is 3. The molecule has 332 valence electrons. The van der Waals surface area contributed by atoms with Gasteiger partial charge in [-0.2, -0.15) is 19.0 Å². The van der Waals surface area contributed by atoms with Crippen LogP contribution in [-0.2, 0) is 19.1 Å². The van der Waals surface area contributed by atoms with E-state index in [9.17, 15) is 28.0 Å². The predicted molar refractivity (Wildman–Crippen MR) is 216 cm³/mol. The lowest BCUT2D eigenvalue weighted by atomic mass is 9.84. The standard InChI is InChI=1S/C42H45F4N11O6/c43-37(44)35-31(48-40(60)29-17-47-56-15-12-32(50-38(29)56)55-19-26-16-25(55)21-62-26)20-57(52-35)24-6-4-22(5-7-24)18-54-13-10-23(11-14-54)42(45,46)41(61)49-30-3-1-2-27-34(53-63-36(27)30)28-8-9-33(58)51-39(28)59/h1-3,12,15,17,20,22-26,28,37H,4-11,13-14,16,18-19,21H2,(H,48,60)(H,49,61)(H,51,58,59)/t22?,24?,25-,26-,28+/m1/s1. The van der Waals surface area contributed by atoms with Gasteiger partial charge in [-0.1, -0.05) is 11.2 Å². The molecule has 8 heterocycles. The van der Waals surface area contributed by atoms with E-state index in [4.69, 9.17) is 14.2 Å². The highest BCUT2D eigenvalue weighted by atomic mass is 19.3. The van der Waals surface area contributed by atoms with Crippen LogP contribution < -0.4 is 20.9 Å². The van der Waals surface area contributed by atoms with Crippen molar-refractivity contribution >= 4 is 57.4 Å². The number of likely N-dealkylation sites (tertiary alicyclic amines) is 1. The summed E-state index contributed by atoms with van der Waals surface area (Å²) in [4.78, 5) is 59.7. The molecule has 4 saturated heterocycles. The lowest BCUT2D eigenvalue weighted by Gasteiger charge is -2.38. The number of morpholine rings is 1. The number of fused-ring (bicyclic) bond motifs is 4. The van der Waals surface area contributed by atoms with Crippen LogP contribution in [0.3, 0.4) is 0 Å². The van der Waals surface area contributed by atoms with Crippen molar-refractivity contribution < 1.29 is 46.0 Å². The first-order valence-corrected chi connectivity index (χ1v) is 21.4. The highest BCUT2D eigenvalue weighted by molar-refractivity contribution is 6.08. The van der Waals surface area contributed by atoms with Crippen molar-refractivity contribution in [1.29, 1.82) is 0 Å². The average molecular weight is 876 g/mol. The fraction of sp³-hybridized carbons (Fsp3) is 0.524. The van der Waals surface area contributed by atoms with Gasteiger partial charge in [0, 0.05) is 43.2 Å². The maximum Gasteiger partial charge on any atom is 0.327 e. The summed E-state index contributed by atoms with van der Waals surface area (Å²) in [6.45, 7) is 2.78. The van der Waals surface area contributed by atoms with Gasteiger partial charge in [-0.05, 0) is 88.6 Å². The molecule has 5 fully saturated rings. The third kappa shape index (κ3) is 7.78. The largest absolute Gasteiger partial charge is 0.374 e. The van der Waals surface area contributed by atoms with Crippen LogP contribution in [0.15, 0.2) is 47.4 Å². The number of piperidine rings is 2. The Morgan fingerprint density at radius 1 is 0.984 bits per heavy atom. The zero-order chi connectivity index (χ0) is 43.6. The lowest BCUT2D eigenvalue weighted by Crippen LogP contribution is -2.47. The number of amides is 4. The van der Waals surface area contributed by atoms with Crippen LogP contribution in [0.5, 0.6) is 0 Å². The monoisotopic (exact) mass is 875 g/mol. The van der Waals surface area contributed by atoms with Crippen molar-refractivity contribution in [1.82, 2.24) is 39.8 Å². The van der Waals surface area contributed by atoms with Crippen molar-refractivity contribution in [3.8, 4) is 0 Å². The highest BCUT2D eigenvalue weighted by Crippen LogP contribution is 2.40. The second kappa shape index (κ2) is 16.3. The summed E-state index contributed by atoms with van der Waals surface area (Å²) in [5.74, 6) is -7.64. The molecule has 2 bridgehead atoms. The number of carbonyl (C=O) groups excluding carboxylic acids is 4. The Balaban J connectivity index is 0.719. The van der Waals surface area contributed by atoms with E-state index in [2.05, 4.69) is 41.1 Å². The maximum atomic E-state index is 15.7. The molecule has 0 spiro atoms. The summed E-state index contributed by atoms with van der Waals surface area (Å²) < 4.78 is 74.1. The molecule has 1 saturated carbocycles. The molecule has 5 aliphatic rings. The van der Waals surface area contributed by atoms with Crippen molar-refractivity contribution in [2.45, 2.75) is 94.2 Å². The van der Waals surface area contributed by atoms with Gasteiger partial charge < -0.3 is 29.7 Å². The van der Waals surface area contributed by atoms with E-state index in [0.29, 0.717) is 62.5 Å². The third-order valence-corrected chi connectivity index (χ3v) is 13.5. The number of aromatic nitrogens is 6. The van der Waals surface area contributed by atoms with Gasteiger partial charge in [0.2, 0.25) is 11.8 Å². The SMILES string of the molecule is O=C1CC[C@@H](c2noc3c(NC(=O)C(F)(F)C4CCN(CC5CCC(n6cc(NC(=O)c7cnn8ccc(N9C[C@H]%10C[C@@H]9CO%10)nc78)c(C(F)F)n6)CC5)CC4)cccc23)C(=O)N1.